The first-order valence-electron chi connectivity index (χ1n) is 18.9. The molecule has 0 saturated carbocycles. The monoisotopic (exact) mass is 698 g/mol. The Labute approximate surface area is 319 Å². The van der Waals surface area contributed by atoms with Gasteiger partial charge in [0.1, 0.15) is 11.2 Å². The molecule has 11 aromatic rings. The summed E-state index contributed by atoms with van der Waals surface area (Å²) >= 11 is 0. The second-order valence-corrected chi connectivity index (χ2v) is 14.3. The Balaban J connectivity index is 1.21. The van der Waals surface area contributed by atoms with E-state index < -0.39 is 0 Å². The van der Waals surface area contributed by atoms with Crippen molar-refractivity contribution in [3.8, 4) is 55.6 Å². The molecule has 0 saturated heterocycles. The van der Waals surface area contributed by atoms with Crippen molar-refractivity contribution in [3.05, 3.63) is 206 Å². The lowest BCUT2D eigenvalue weighted by Crippen LogP contribution is -1.93. The molecular weight excluding hydrogens is 665 g/mol. The minimum absolute atomic E-state index is 0.891. The van der Waals surface area contributed by atoms with Gasteiger partial charge in [-0.3, -0.25) is 0 Å². The molecule has 10 aromatic carbocycles. The smallest absolute Gasteiger partial charge is 0.136 e. The lowest BCUT2D eigenvalue weighted by Gasteiger charge is -2.20. The first-order chi connectivity index (χ1) is 27.3. The Kier molecular flexibility index (Phi) is 7.25. The van der Waals surface area contributed by atoms with Gasteiger partial charge in [0.25, 0.3) is 0 Å². The van der Waals surface area contributed by atoms with E-state index in [0.29, 0.717) is 0 Å². The molecule has 0 amide bonds. The van der Waals surface area contributed by atoms with Crippen molar-refractivity contribution in [2.45, 2.75) is 0 Å². The maximum Gasteiger partial charge on any atom is 0.136 e. The summed E-state index contributed by atoms with van der Waals surface area (Å²) in [6, 6.07) is 74.7. The highest BCUT2D eigenvalue weighted by Gasteiger charge is 2.22. The summed E-state index contributed by atoms with van der Waals surface area (Å²) in [6.07, 6.45) is 0. The molecule has 0 spiro atoms. The largest absolute Gasteiger partial charge is 0.456 e. The van der Waals surface area contributed by atoms with Crippen LogP contribution in [0, 0.1) is 0 Å². The average molecular weight is 699 g/mol. The Morgan fingerprint density at radius 2 is 0.709 bits per heavy atom. The molecular formula is C54H34O. The van der Waals surface area contributed by atoms with E-state index in [2.05, 4.69) is 200 Å². The summed E-state index contributed by atoms with van der Waals surface area (Å²) < 4.78 is 6.51. The summed E-state index contributed by atoms with van der Waals surface area (Å²) in [5.41, 5.74) is 13.9. The maximum absolute atomic E-state index is 6.51. The molecule has 1 nitrogen and oxygen atoms in total. The van der Waals surface area contributed by atoms with Crippen LogP contribution in [0.3, 0.4) is 0 Å². The van der Waals surface area contributed by atoms with Gasteiger partial charge in [-0.25, -0.2) is 0 Å². The van der Waals surface area contributed by atoms with Crippen LogP contribution in [0.1, 0.15) is 0 Å². The number of fused-ring (bicyclic) bond motifs is 6. The lowest BCUT2D eigenvalue weighted by atomic mass is 9.83. The first kappa shape index (κ1) is 31.3. The molecule has 0 N–H and O–H groups in total. The summed E-state index contributed by atoms with van der Waals surface area (Å²) in [7, 11) is 0. The van der Waals surface area contributed by atoms with Gasteiger partial charge in [-0.15, -0.1) is 0 Å². The Hall–Kier alpha value is -7.22. The zero-order valence-corrected chi connectivity index (χ0v) is 30.0. The van der Waals surface area contributed by atoms with E-state index >= 15 is 0 Å². The van der Waals surface area contributed by atoms with Crippen LogP contribution in [0.25, 0.3) is 110 Å². The van der Waals surface area contributed by atoms with E-state index in [4.69, 9.17) is 4.42 Å². The van der Waals surface area contributed by atoms with Crippen LogP contribution < -0.4 is 0 Å². The molecule has 55 heavy (non-hydrogen) atoms. The highest BCUT2D eigenvalue weighted by Crippen LogP contribution is 2.49. The molecule has 256 valence electrons. The highest BCUT2D eigenvalue weighted by atomic mass is 16.3. The molecule has 1 aromatic heterocycles. The fourth-order valence-electron chi connectivity index (χ4n) is 8.91. The van der Waals surface area contributed by atoms with Crippen LogP contribution in [-0.4, -0.2) is 0 Å². The molecule has 1 heterocycles. The first-order valence-corrected chi connectivity index (χ1v) is 18.9. The van der Waals surface area contributed by atoms with E-state index in [1.807, 2.05) is 6.07 Å². The fraction of sp³-hybridized carbons (Fsp3) is 0. The van der Waals surface area contributed by atoms with Crippen molar-refractivity contribution in [3.63, 3.8) is 0 Å². The van der Waals surface area contributed by atoms with Crippen LogP contribution >= 0.6 is 0 Å². The van der Waals surface area contributed by atoms with Crippen molar-refractivity contribution in [2.24, 2.45) is 0 Å². The molecule has 0 aliphatic heterocycles. The van der Waals surface area contributed by atoms with E-state index in [-0.39, 0.29) is 0 Å². The third-order valence-electron chi connectivity index (χ3n) is 11.3. The third-order valence-corrected chi connectivity index (χ3v) is 11.3. The van der Waals surface area contributed by atoms with Gasteiger partial charge in [0.05, 0.1) is 0 Å². The predicted molar refractivity (Wildman–Crippen MR) is 233 cm³/mol. The van der Waals surface area contributed by atoms with E-state index in [0.717, 1.165) is 27.5 Å². The van der Waals surface area contributed by atoms with Gasteiger partial charge in [-0.05, 0) is 107 Å². The molecule has 0 aliphatic carbocycles. The van der Waals surface area contributed by atoms with Crippen molar-refractivity contribution >= 4 is 54.3 Å². The van der Waals surface area contributed by atoms with Crippen molar-refractivity contribution in [1.29, 1.82) is 0 Å². The maximum atomic E-state index is 6.51. The molecule has 0 radical (unpaired) electrons. The number of hydrogen-bond acceptors (Lipinski definition) is 1. The Bertz CT molecular complexity index is 3190. The minimum Gasteiger partial charge on any atom is -0.456 e. The van der Waals surface area contributed by atoms with Gasteiger partial charge in [0.2, 0.25) is 0 Å². The van der Waals surface area contributed by atoms with Gasteiger partial charge >= 0.3 is 0 Å². The van der Waals surface area contributed by atoms with Gasteiger partial charge in [-0.1, -0.05) is 182 Å². The lowest BCUT2D eigenvalue weighted by molar-refractivity contribution is 0.669. The van der Waals surface area contributed by atoms with Gasteiger partial charge in [0.15, 0.2) is 0 Å². The molecule has 0 bridgehead atoms. The zero-order valence-electron chi connectivity index (χ0n) is 30.0. The molecule has 11 rings (SSSR count). The molecule has 1 heteroatoms. The summed E-state index contributed by atoms with van der Waals surface area (Å²) in [6.45, 7) is 0. The van der Waals surface area contributed by atoms with E-state index in [1.165, 1.54) is 82.4 Å². The topological polar surface area (TPSA) is 13.1 Å². The predicted octanol–water partition coefficient (Wildman–Crippen LogP) is 15.4. The number of rotatable bonds is 5. The van der Waals surface area contributed by atoms with Crippen LogP contribution in [0.5, 0.6) is 0 Å². The molecule has 0 aliphatic rings. The Morgan fingerprint density at radius 3 is 1.38 bits per heavy atom. The normalized spacial score (nSPS) is 11.6. The SMILES string of the molecule is c1ccc(-c2cccc(-c3c(-c4ccc(-c5c6ccccc6c(-c6ccccc6)c6ccccc56)c5ccccc45)ccc4oc5ccccc5c34)c2)cc1. The summed E-state index contributed by atoms with van der Waals surface area (Å²) in [5.74, 6) is 0. The van der Waals surface area contributed by atoms with Crippen molar-refractivity contribution < 1.29 is 4.42 Å². The Morgan fingerprint density at radius 1 is 0.236 bits per heavy atom. The molecule has 0 unspecified atom stereocenters. The summed E-state index contributed by atoms with van der Waals surface area (Å²) in [4.78, 5) is 0. The molecule has 0 atom stereocenters. The quantitative estimate of drug-likeness (QED) is 0.163. The highest BCUT2D eigenvalue weighted by molar-refractivity contribution is 6.25. The standard InChI is InChI=1S/C54H34O/c1-3-16-35(17-4-1)37-20-15-21-38(34-37)52-46(32-33-50-54(52)48-28-13-14-29-49(48)55-50)41-30-31-47(40-23-8-7-22-39(40)41)53-44-26-11-9-24-42(44)51(36-18-5-2-6-19-36)43-25-10-12-27-45(43)53/h1-34H. The third kappa shape index (κ3) is 5.01. The molecule has 0 fully saturated rings. The van der Waals surface area contributed by atoms with Crippen LogP contribution in [-0.2, 0) is 0 Å². The van der Waals surface area contributed by atoms with Crippen LogP contribution in [0.15, 0.2) is 211 Å². The van der Waals surface area contributed by atoms with Crippen LogP contribution in [0.4, 0.5) is 0 Å². The van der Waals surface area contributed by atoms with E-state index in [9.17, 15) is 0 Å². The van der Waals surface area contributed by atoms with Crippen molar-refractivity contribution in [2.75, 3.05) is 0 Å². The number of benzene rings is 10. The van der Waals surface area contributed by atoms with E-state index in [1.54, 1.807) is 0 Å². The average Bonchev–Trinajstić information content (AvgIpc) is 3.64. The second-order valence-electron chi connectivity index (χ2n) is 14.3. The number of para-hydroxylation sites is 1. The number of hydrogen-bond donors (Lipinski definition) is 0. The van der Waals surface area contributed by atoms with Gasteiger partial charge < -0.3 is 4.42 Å². The fourth-order valence-corrected chi connectivity index (χ4v) is 8.91. The number of furan rings is 1. The minimum atomic E-state index is 0.891. The van der Waals surface area contributed by atoms with Crippen LogP contribution in [0.2, 0.25) is 0 Å². The van der Waals surface area contributed by atoms with Crippen molar-refractivity contribution in [1.82, 2.24) is 0 Å². The zero-order chi connectivity index (χ0) is 36.3. The van der Waals surface area contributed by atoms with Gasteiger partial charge in [0, 0.05) is 16.3 Å². The van der Waals surface area contributed by atoms with Gasteiger partial charge in [-0.2, -0.15) is 0 Å². The second kappa shape index (κ2) is 12.7. The summed E-state index contributed by atoms with van der Waals surface area (Å²) in [5, 5.41) is 9.72.